The summed E-state index contributed by atoms with van der Waals surface area (Å²) in [5.41, 5.74) is 2.73. The Balaban J connectivity index is 1.99. The lowest BCUT2D eigenvalue weighted by Gasteiger charge is -2.07. The van der Waals surface area contributed by atoms with E-state index < -0.39 is 0 Å². The minimum atomic E-state index is -0.141. The van der Waals surface area contributed by atoms with Crippen LogP contribution >= 0.6 is 0 Å². The molecule has 0 unspecified atom stereocenters. The van der Waals surface area contributed by atoms with E-state index in [-0.39, 0.29) is 13.2 Å². The van der Waals surface area contributed by atoms with Gasteiger partial charge < -0.3 is 14.9 Å². The van der Waals surface area contributed by atoms with Gasteiger partial charge in [0.2, 0.25) is 0 Å². The highest BCUT2D eigenvalue weighted by Crippen LogP contribution is 2.14. The van der Waals surface area contributed by atoms with E-state index in [1.165, 1.54) is 0 Å². The van der Waals surface area contributed by atoms with Gasteiger partial charge in [-0.25, -0.2) is 0 Å². The normalized spacial score (nSPS) is 9.70. The SMILES string of the molecule is OCC#Cc1cccc(COc2ccc(CO)cc2)c1. The summed E-state index contributed by atoms with van der Waals surface area (Å²) in [7, 11) is 0. The zero-order valence-electron chi connectivity index (χ0n) is 11.0. The van der Waals surface area contributed by atoms with Crippen molar-refractivity contribution < 1.29 is 14.9 Å². The Morgan fingerprint density at radius 1 is 0.950 bits per heavy atom. The lowest BCUT2D eigenvalue weighted by Crippen LogP contribution is -1.96. The van der Waals surface area contributed by atoms with Crippen molar-refractivity contribution >= 4 is 0 Å². The standard InChI is InChI=1S/C17H16O3/c18-10-2-5-14-3-1-4-16(11-14)13-20-17-8-6-15(12-19)7-9-17/h1,3-4,6-9,11,18-19H,10,12-13H2. The summed E-state index contributed by atoms with van der Waals surface area (Å²) < 4.78 is 5.67. The molecule has 0 fully saturated rings. The van der Waals surface area contributed by atoms with Crippen LogP contribution < -0.4 is 4.74 Å². The molecule has 0 heterocycles. The summed E-state index contributed by atoms with van der Waals surface area (Å²) in [4.78, 5) is 0. The summed E-state index contributed by atoms with van der Waals surface area (Å²) in [5, 5.41) is 17.6. The molecule has 0 amide bonds. The predicted molar refractivity (Wildman–Crippen MR) is 77.1 cm³/mol. The average molecular weight is 268 g/mol. The van der Waals surface area contributed by atoms with Gasteiger partial charge in [-0.3, -0.25) is 0 Å². The maximum atomic E-state index is 8.97. The zero-order chi connectivity index (χ0) is 14.2. The van der Waals surface area contributed by atoms with E-state index in [0.717, 1.165) is 22.4 Å². The molecule has 0 spiro atoms. The molecule has 0 aromatic heterocycles. The predicted octanol–water partition coefficient (Wildman–Crippen LogP) is 2.10. The molecule has 0 aliphatic heterocycles. The number of rotatable bonds is 4. The third kappa shape index (κ3) is 4.13. The highest BCUT2D eigenvalue weighted by Gasteiger charge is 1.98. The van der Waals surface area contributed by atoms with Crippen LogP contribution in [0.15, 0.2) is 48.5 Å². The fraction of sp³-hybridized carbons (Fsp3) is 0.176. The molecule has 102 valence electrons. The van der Waals surface area contributed by atoms with E-state index in [2.05, 4.69) is 11.8 Å². The highest BCUT2D eigenvalue weighted by molar-refractivity contribution is 5.37. The van der Waals surface area contributed by atoms with Crippen molar-refractivity contribution in [1.82, 2.24) is 0 Å². The van der Waals surface area contributed by atoms with Crippen molar-refractivity contribution in [3.05, 3.63) is 65.2 Å². The largest absolute Gasteiger partial charge is 0.489 e. The van der Waals surface area contributed by atoms with Crippen molar-refractivity contribution in [3.63, 3.8) is 0 Å². The lowest BCUT2D eigenvalue weighted by atomic mass is 10.1. The number of hydrogen-bond donors (Lipinski definition) is 2. The summed E-state index contributed by atoms with van der Waals surface area (Å²) >= 11 is 0. The Morgan fingerprint density at radius 3 is 2.45 bits per heavy atom. The van der Waals surface area contributed by atoms with Crippen LogP contribution in [0.5, 0.6) is 5.75 Å². The van der Waals surface area contributed by atoms with Crippen LogP contribution in [0.2, 0.25) is 0 Å². The van der Waals surface area contributed by atoms with Crippen LogP contribution in [0, 0.1) is 11.8 Å². The Labute approximate surface area is 118 Å². The van der Waals surface area contributed by atoms with Crippen LogP contribution in [0.4, 0.5) is 0 Å². The molecular formula is C17H16O3. The van der Waals surface area contributed by atoms with Crippen molar-refractivity contribution in [1.29, 1.82) is 0 Å². The minimum Gasteiger partial charge on any atom is -0.489 e. The van der Waals surface area contributed by atoms with Crippen molar-refractivity contribution in [2.24, 2.45) is 0 Å². The second kappa shape index (κ2) is 7.34. The molecular weight excluding hydrogens is 252 g/mol. The van der Waals surface area contributed by atoms with E-state index in [9.17, 15) is 0 Å². The molecule has 0 aliphatic carbocycles. The maximum Gasteiger partial charge on any atom is 0.119 e. The lowest BCUT2D eigenvalue weighted by molar-refractivity contribution is 0.280. The summed E-state index contributed by atoms with van der Waals surface area (Å²) in [6.07, 6.45) is 0. The van der Waals surface area contributed by atoms with E-state index >= 15 is 0 Å². The minimum absolute atomic E-state index is 0.0336. The van der Waals surface area contributed by atoms with Gasteiger partial charge in [-0.2, -0.15) is 0 Å². The van der Waals surface area contributed by atoms with Crippen LogP contribution in [-0.4, -0.2) is 16.8 Å². The average Bonchev–Trinajstić information content (AvgIpc) is 2.52. The molecule has 0 saturated heterocycles. The van der Waals surface area contributed by atoms with E-state index in [4.69, 9.17) is 14.9 Å². The van der Waals surface area contributed by atoms with Gasteiger partial charge in [-0.15, -0.1) is 0 Å². The van der Waals surface area contributed by atoms with Crippen molar-refractivity contribution in [2.45, 2.75) is 13.2 Å². The molecule has 0 atom stereocenters. The Kier molecular flexibility index (Phi) is 5.19. The van der Waals surface area contributed by atoms with Gasteiger partial charge in [0.25, 0.3) is 0 Å². The van der Waals surface area contributed by atoms with Gasteiger partial charge in [0.15, 0.2) is 0 Å². The molecule has 0 radical (unpaired) electrons. The van der Waals surface area contributed by atoms with Gasteiger partial charge in [0.1, 0.15) is 19.0 Å². The first kappa shape index (κ1) is 14.1. The Bertz CT molecular complexity index is 606. The highest BCUT2D eigenvalue weighted by atomic mass is 16.5. The summed E-state index contributed by atoms with van der Waals surface area (Å²) in [6.45, 7) is 0.344. The summed E-state index contributed by atoms with van der Waals surface area (Å²) in [5.74, 6) is 6.24. The molecule has 0 aliphatic rings. The zero-order valence-corrected chi connectivity index (χ0v) is 11.0. The molecule has 20 heavy (non-hydrogen) atoms. The third-order valence-corrected chi connectivity index (χ3v) is 2.75. The van der Waals surface area contributed by atoms with Gasteiger partial charge in [-0.05, 0) is 35.4 Å². The first-order chi connectivity index (χ1) is 9.81. The third-order valence-electron chi connectivity index (χ3n) is 2.75. The molecule has 2 aromatic rings. The van der Waals surface area contributed by atoms with E-state index in [1.54, 1.807) is 0 Å². The quantitative estimate of drug-likeness (QED) is 0.835. The number of aliphatic hydroxyl groups is 2. The number of benzene rings is 2. The molecule has 0 bridgehead atoms. The number of ether oxygens (including phenoxy) is 1. The molecule has 0 saturated carbocycles. The first-order valence-electron chi connectivity index (χ1n) is 6.33. The summed E-state index contributed by atoms with van der Waals surface area (Å²) in [6, 6.07) is 15.0. The van der Waals surface area contributed by atoms with Gasteiger partial charge >= 0.3 is 0 Å². The van der Waals surface area contributed by atoms with Crippen LogP contribution in [0.3, 0.4) is 0 Å². The topological polar surface area (TPSA) is 49.7 Å². The number of aliphatic hydroxyl groups excluding tert-OH is 2. The van der Waals surface area contributed by atoms with Crippen LogP contribution in [-0.2, 0) is 13.2 Å². The van der Waals surface area contributed by atoms with Crippen molar-refractivity contribution in [2.75, 3.05) is 6.61 Å². The Hall–Kier alpha value is -2.28. The molecule has 2 N–H and O–H groups in total. The van der Waals surface area contributed by atoms with Gasteiger partial charge in [-0.1, -0.05) is 36.1 Å². The Morgan fingerprint density at radius 2 is 1.75 bits per heavy atom. The molecule has 2 rings (SSSR count). The van der Waals surface area contributed by atoms with E-state index in [0.29, 0.717) is 6.61 Å². The molecule has 3 nitrogen and oxygen atoms in total. The first-order valence-corrected chi connectivity index (χ1v) is 6.33. The fourth-order valence-electron chi connectivity index (χ4n) is 1.74. The smallest absolute Gasteiger partial charge is 0.119 e. The number of hydrogen-bond acceptors (Lipinski definition) is 3. The second-order valence-corrected chi connectivity index (χ2v) is 4.25. The van der Waals surface area contributed by atoms with Crippen molar-refractivity contribution in [3.8, 4) is 17.6 Å². The molecule has 3 heteroatoms. The maximum absolute atomic E-state index is 8.97. The van der Waals surface area contributed by atoms with Crippen LogP contribution in [0.1, 0.15) is 16.7 Å². The molecule has 2 aromatic carbocycles. The monoisotopic (exact) mass is 268 g/mol. The van der Waals surface area contributed by atoms with E-state index in [1.807, 2.05) is 48.5 Å². The second-order valence-electron chi connectivity index (χ2n) is 4.25. The van der Waals surface area contributed by atoms with Gasteiger partial charge in [0, 0.05) is 5.56 Å². The fourth-order valence-corrected chi connectivity index (χ4v) is 1.74. The van der Waals surface area contributed by atoms with Crippen LogP contribution in [0.25, 0.3) is 0 Å². The van der Waals surface area contributed by atoms with Gasteiger partial charge in [0.05, 0.1) is 6.61 Å².